The van der Waals surface area contributed by atoms with Crippen molar-refractivity contribution in [3.05, 3.63) is 59.4 Å². The van der Waals surface area contributed by atoms with Crippen molar-refractivity contribution >= 4 is 0 Å². The maximum absolute atomic E-state index is 5.32. The first-order valence-electron chi connectivity index (χ1n) is 7.04. The monoisotopic (exact) mass is 270 g/mol. The molecule has 0 saturated heterocycles. The number of methoxy groups -OCH3 is 1. The summed E-state index contributed by atoms with van der Waals surface area (Å²) in [6, 6.07) is 12.4. The molecule has 106 valence electrons. The van der Waals surface area contributed by atoms with E-state index in [0.29, 0.717) is 0 Å². The molecule has 0 aliphatic heterocycles. The first-order valence-corrected chi connectivity index (χ1v) is 7.04. The summed E-state index contributed by atoms with van der Waals surface area (Å²) in [6.45, 7) is 5.21. The Bertz CT molecular complexity index is 554. The van der Waals surface area contributed by atoms with Crippen LogP contribution in [0.4, 0.5) is 0 Å². The maximum Gasteiger partial charge on any atom is 0.119 e. The Kier molecular flexibility index (Phi) is 5.13. The Balaban J connectivity index is 2.35. The zero-order valence-electron chi connectivity index (χ0n) is 12.4. The molecule has 1 aromatic carbocycles. The largest absolute Gasteiger partial charge is 0.497 e. The molecule has 20 heavy (non-hydrogen) atoms. The summed E-state index contributed by atoms with van der Waals surface area (Å²) < 4.78 is 5.32. The number of aromatic nitrogens is 1. The summed E-state index contributed by atoms with van der Waals surface area (Å²) in [7, 11) is 1.69. The van der Waals surface area contributed by atoms with Crippen molar-refractivity contribution < 1.29 is 4.74 Å². The molecule has 1 aromatic heterocycles. The molecule has 1 heterocycles. The van der Waals surface area contributed by atoms with E-state index < -0.39 is 0 Å². The molecule has 1 N–H and O–H groups in total. The van der Waals surface area contributed by atoms with Crippen LogP contribution in [0.25, 0.3) is 0 Å². The number of hydrogen-bond donors (Lipinski definition) is 1. The lowest BCUT2D eigenvalue weighted by molar-refractivity contribution is 0.413. The predicted octanol–water partition coefficient (Wildman–Crippen LogP) is 3.49. The molecule has 0 fully saturated rings. The molecular formula is C17H22N2O. The van der Waals surface area contributed by atoms with Crippen LogP contribution in [0.5, 0.6) is 5.75 Å². The minimum atomic E-state index is 0.102. The highest BCUT2D eigenvalue weighted by Gasteiger charge is 2.15. The van der Waals surface area contributed by atoms with Gasteiger partial charge in [-0.2, -0.15) is 0 Å². The van der Waals surface area contributed by atoms with Gasteiger partial charge < -0.3 is 10.1 Å². The Morgan fingerprint density at radius 1 is 1.25 bits per heavy atom. The van der Waals surface area contributed by atoms with Gasteiger partial charge in [0.1, 0.15) is 5.75 Å². The fourth-order valence-corrected chi connectivity index (χ4v) is 2.22. The van der Waals surface area contributed by atoms with Crippen LogP contribution in [0.3, 0.4) is 0 Å². The first-order chi connectivity index (χ1) is 9.74. The van der Waals surface area contributed by atoms with Crippen LogP contribution >= 0.6 is 0 Å². The van der Waals surface area contributed by atoms with Crippen molar-refractivity contribution in [2.24, 2.45) is 0 Å². The molecule has 2 rings (SSSR count). The van der Waals surface area contributed by atoms with Crippen LogP contribution in [-0.2, 0) is 0 Å². The molecule has 2 aromatic rings. The Labute approximate surface area is 121 Å². The van der Waals surface area contributed by atoms with E-state index >= 15 is 0 Å². The summed E-state index contributed by atoms with van der Waals surface area (Å²) >= 11 is 0. The van der Waals surface area contributed by atoms with E-state index in [1.54, 1.807) is 7.11 Å². The molecule has 0 spiro atoms. The first kappa shape index (κ1) is 14.5. The second-order valence-electron chi connectivity index (χ2n) is 4.92. The fourth-order valence-electron chi connectivity index (χ4n) is 2.22. The van der Waals surface area contributed by atoms with E-state index in [-0.39, 0.29) is 6.04 Å². The lowest BCUT2D eigenvalue weighted by atomic mass is 10.0. The van der Waals surface area contributed by atoms with Crippen LogP contribution in [0.15, 0.2) is 42.6 Å². The molecule has 1 atom stereocenters. The van der Waals surface area contributed by atoms with Gasteiger partial charge in [0.2, 0.25) is 0 Å². The van der Waals surface area contributed by atoms with Crippen molar-refractivity contribution in [2.45, 2.75) is 26.3 Å². The molecule has 0 bridgehead atoms. The molecule has 0 amide bonds. The number of nitrogens with one attached hydrogen (secondary N) is 1. The van der Waals surface area contributed by atoms with Gasteiger partial charge in [0, 0.05) is 6.20 Å². The minimum Gasteiger partial charge on any atom is -0.497 e. The summed E-state index contributed by atoms with van der Waals surface area (Å²) in [5.74, 6) is 0.874. The van der Waals surface area contributed by atoms with Crippen molar-refractivity contribution in [1.82, 2.24) is 10.3 Å². The number of rotatable bonds is 6. The van der Waals surface area contributed by atoms with Crippen LogP contribution < -0.4 is 10.1 Å². The fraction of sp³-hybridized carbons (Fsp3) is 0.353. The lowest BCUT2D eigenvalue weighted by Gasteiger charge is -2.19. The Morgan fingerprint density at radius 2 is 2.10 bits per heavy atom. The van der Waals surface area contributed by atoms with Gasteiger partial charge in [0.15, 0.2) is 0 Å². The van der Waals surface area contributed by atoms with E-state index in [1.165, 1.54) is 11.1 Å². The third-order valence-corrected chi connectivity index (χ3v) is 3.26. The smallest absolute Gasteiger partial charge is 0.119 e. The molecule has 0 saturated carbocycles. The van der Waals surface area contributed by atoms with E-state index in [9.17, 15) is 0 Å². The molecule has 3 heteroatoms. The van der Waals surface area contributed by atoms with Crippen LogP contribution in [0.1, 0.15) is 36.2 Å². The third-order valence-electron chi connectivity index (χ3n) is 3.26. The average molecular weight is 270 g/mol. The van der Waals surface area contributed by atoms with Gasteiger partial charge in [-0.05, 0) is 55.3 Å². The normalized spacial score (nSPS) is 12.2. The van der Waals surface area contributed by atoms with Gasteiger partial charge in [-0.1, -0.05) is 19.1 Å². The van der Waals surface area contributed by atoms with E-state index in [4.69, 9.17) is 4.74 Å². The summed E-state index contributed by atoms with van der Waals surface area (Å²) in [4.78, 5) is 4.52. The highest BCUT2D eigenvalue weighted by Crippen LogP contribution is 2.24. The summed E-state index contributed by atoms with van der Waals surface area (Å²) in [5.41, 5.74) is 3.45. The number of nitrogens with zero attached hydrogens (tertiary/aromatic N) is 1. The van der Waals surface area contributed by atoms with Crippen LogP contribution in [-0.4, -0.2) is 18.6 Å². The molecule has 0 aliphatic rings. The summed E-state index contributed by atoms with van der Waals surface area (Å²) in [5, 5.41) is 3.56. The minimum absolute atomic E-state index is 0.102. The second-order valence-corrected chi connectivity index (χ2v) is 4.92. The van der Waals surface area contributed by atoms with Gasteiger partial charge in [0.05, 0.1) is 18.8 Å². The molecule has 3 nitrogen and oxygen atoms in total. The zero-order valence-corrected chi connectivity index (χ0v) is 12.4. The van der Waals surface area contributed by atoms with Gasteiger partial charge in [-0.25, -0.2) is 0 Å². The molecule has 1 unspecified atom stereocenters. The van der Waals surface area contributed by atoms with E-state index in [2.05, 4.69) is 42.3 Å². The molecule has 0 radical (unpaired) electrons. The number of hydrogen-bond acceptors (Lipinski definition) is 3. The molecular weight excluding hydrogens is 248 g/mol. The lowest BCUT2D eigenvalue weighted by Crippen LogP contribution is -2.24. The SMILES string of the molecule is CCCNC(c1cccc(OC)c1)c1cc(C)ccn1. The van der Waals surface area contributed by atoms with Gasteiger partial charge in [0.25, 0.3) is 0 Å². The van der Waals surface area contributed by atoms with Crippen LogP contribution in [0.2, 0.25) is 0 Å². The topological polar surface area (TPSA) is 34.1 Å². The zero-order chi connectivity index (χ0) is 14.4. The van der Waals surface area contributed by atoms with Crippen molar-refractivity contribution in [3.63, 3.8) is 0 Å². The quantitative estimate of drug-likeness (QED) is 0.872. The van der Waals surface area contributed by atoms with Gasteiger partial charge in [-0.15, -0.1) is 0 Å². The number of ether oxygens (including phenoxy) is 1. The Morgan fingerprint density at radius 3 is 2.80 bits per heavy atom. The standard InChI is InChI=1S/C17H22N2O/c1-4-9-19-17(16-11-13(2)8-10-18-16)14-6-5-7-15(12-14)20-3/h5-8,10-12,17,19H,4,9H2,1-3H3. The maximum atomic E-state index is 5.32. The van der Waals surface area contributed by atoms with Crippen molar-refractivity contribution in [1.29, 1.82) is 0 Å². The highest BCUT2D eigenvalue weighted by atomic mass is 16.5. The number of pyridine rings is 1. The van der Waals surface area contributed by atoms with Crippen molar-refractivity contribution in [2.75, 3.05) is 13.7 Å². The van der Waals surface area contributed by atoms with Gasteiger partial charge >= 0.3 is 0 Å². The summed E-state index contributed by atoms with van der Waals surface area (Å²) in [6.07, 6.45) is 2.96. The second kappa shape index (κ2) is 7.06. The number of benzene rings is 1. The predicted molar refractivity (Wildman–Crippen MR) is 82.1 cm³/mol. The van der Waals surface area contributed by atoms with E-state index in [0.717, 1.165) is 24.4 Å². The Hall–Kier alpha value is -1.87. The van der Waals surface area contributed by atoms with Crippen molar-refractivity contribution in [3.8, 4) is 5.75 Å². The highest BCUT2D eigenvalue weighted by molar-refractivity contribution is 5.35. The average Bonchev–Trinajstić information content (AvgIpc) is 2.48. The van der Waals surface area contributed by atoms with Gasteiger partial charge in [-0.3, -0.25) is 4.98 Å². The number of aryl methyl sites for hydroxylation is 1. The molecule has 0 aliphatic carbocycles. The van der Waals surface area contributed by atoms with E-state index in [1.807, 2.05) is 24.4 Å². The van der Waals surface area contributed by atoms with Crippen LogP contribution in [0, 0.1) is 6.92 Å². The third kappa shape index (κ3) is 3.58.